The lowest BCUT2D eigenvalue weighted by Gasteiger charge is -2.08. The number of aromatic nitrogens is 3. The normalized spacial score (nSPS) is 10.6. The monoisotopic (exact) mass is 254 g/mol. The van der Waals surface area contributed by atoms with E-state index in [4.69, 9.17) is 5.73 Å². The van der Waals surface area contributed by atoms with Crippen LogP contribution in [-0.4, -0.2) is 27.9 Å². The molecule has 0 radical (unpaired) electrons. The molecule has 1 aromatic heterocycles. The van der Waals surface area contributed by atoms with E-state index < -0.39 is 12.5 Å². The van der Waals surface area contributed by atoms with Crippen molar-refractivity contribution in [3.05, 3.63) is 30.0 Å². The van der Waals surface area contributed by atoms with Crippen LogP contribution in [-0.2, 0) is 0 Å². The lowest BCUT2D eigenvalue weighted by molar-refractivity contribution is -0.0494. The number of carbonyl (C=O) groups is 1. The van der Waals surface area contributed by atoms with Gasteiger partial charge in [-0.3, -0.25) is 4.79 Å². The van der Waals surface area contributed by atoms with Crippen LogP contribution in [0, 0.1) is 0 Å². The minimum absolute atomic E-state index is 0.0683. The highest BCUT2D eigenvalue weighted by Gasteiger charge is 2.19. The number of hydrogen-bond acceptors (Lipinski definition) is 4. The quantitative estimate of drug-likeness (QED) is 0.856. The molecular formula is C10H8F2N4O2. The molecule has 1 aromatic carbocycles. The Bertz CT molecular complexity index is 571. The minimum Gasteiger partial charge on any atom is -0.434 e. The molecule has 0 saturated heterocycles. The number of amides is 1. The number of benzene rings is 1. The van der Waals surface area contributed by atoms with Gasteiger partial charge >= 0.3 is 6.61 Å². The Labute approximate surface area is 99.7 Å². The summed E-state index contributed by atoms with van der Waals surface area (Å²) in [7, 11) is 0. The lowest BCUT2D eigenvalue weighted by atomic mass is 10.1. The van der Waals surface area contributed by atoms with Gasteiger partial charge in [-0.05, 0) is 12.1 Å². The molecule has 2 rings (SSSR count). The van der Waals surface area contributed by atoms with Gasteiger partial charge in [0.1, 0.15) is 11.4 Å². The molecule has 6 nitrogen and oxygen atoms in total. The second-order valence-electron chi connectivity index (χ2n) is 3.26. The van der Waals surface area contributed by atoms with Gasteiger partial charge in [0.25, 0.3) is 5.91 Å². The zero-order valence-corrected chi connectivity index (χ0v) is 8.93. The summed E-state index contributed by atoms with van der Waals surface area (Å²) < 4.78 is 28.8. The summed E-state index contributed by atoms with van der Waals surface area (Å²) >= 11 is 0. The summed E-state index contributed by atoms with van der Waals surface area (Å²) in [4.78, 5) is 11.1. The van der Waals surface area contributed by atoms with E-state index in [1.54, 1.807) is 6.07 Å². The maximum Gasteiger partial charge on any atom is 0.387 e. The number of ether oxygens (including phenoxy) is 1. The molecule has 2 aromatic rings. The summed E-state index contributed by atoms with van der Waals surface area (Å²) in [5, 5.41) is 9.49. The van der Waals surface area contributed by atoms with E-state index >= 15 is 0 Å². The van der Waals surface area contributed by atoms with Crippen molar-refractivity contribution in [1.82, 2.24) is 15.4 Å². The summed E-state index contributed by atoms with van der Waals surface area (Å²) in [6, 6.07) is 5.92. The van der Waals surface area contributed by atoms with Gasteiger partial charge in [0.2, 0.25) is 0 Å². The van der Waals surface area contributed by atoms with Crippen LogP contribution in [0.1, 0.15) is 10.5 Å². The van der Waals surface area contributed by atoms with Gasteiger partial charge < -0.3 is 10.5 Å². The van der Waals surface area contributed by atoms with Crippen LogP contribution in [0.3, 0.4) is 0 Å². The summed E-state index contributed by atoms with van der Waals surface area (Å²) in [6.07, 6.45) is 0. The number of nitrogens with zero attached hydrogens (tertiary/aromatic N) is 2. The smallest absolute Gasteiger partial charge is 0.387 e. The molecule has 0 atom stereocenters. The summed E-state index contributed by atoms with van der Waals surface area (Å²) in [5.74, 6) is -0.922. The molecule has 0 fully saturated rings. The van der Waals surface area contributed by atoms with E-state index in [-0.39, 0.29) is 22.7 Å². The largest absolute Gasteiger partial charge is 0.434 e. The SMILES string of the molecule is NC(=O)c1n[nH]nc1-c1ccccc1OC(F)F. The first-order valence-electron chi connectivity index (χ1n) is 4.84. The van der Waals surface area contributed by atoms with Crippen molar-refractivity contribution in [2.75, 3.05) is 0 Å². The fourth-order valence-corrected chi connectivity index (χ4v) is 1.45. The van der Waals surface area contributed by atoms with Crippen molar-refractivity contribution in [2.45, 2.75) is 6.61 Å². The van der Waals surface area contributed by atoms with Gasteiger partial charge in [0.15, 0.2) is 5.69 Å². The van der Waals surface area contributed by atoms with Crippen molar-refractivity contribution < 1.29 is 18.3 Å². The first-order valence-corrected chi connectivity index (χ1v) is 4.84. The van der Waals surface area contributed by atoms with E-state index in [1.165, 1.54) is 18.2 Å². The van der Waals surface area contributed by atoms with Crippen LogP contribution in [0.4, 0.5) is 8.78 Å². The van der Waals surface area contributed by atoms with Crippen molar-refractivity contribution in [2.24, 2.45) is 5.73 Å². The Morgan fingerprint density at radius 1 is 1.33 bits per heavy atom. The number of nitrogens with one attached hydrogen (secondary N) is 1. The van der Waals surface area contributed by atoms with Crippen LogP contribution < -0.4 is 10.5 Å². The molecule has 1 heterocycles. The van der Waals surface area contributed by atoms with Gasteiger partial charge in [-0.1, -0.05) is 12.1 Å². The van der Waals surface area contributed by atoms with E-state index in [0.717, 1.165) is 0 Å². The number of para-hydroxylation sites is 1. The Morgan fingerprint density at radius 2 is 2.06 bits per heavy atom. The van der Waals surface area contributed by atoms with E-state index in [0.29, 0.717) is 0 Å². The average molecular weight is 254 g/mol. The molecule has 3 N–H and O–H groups in total. The van der Waals surface area contributed by atoms with Gasteiger partial charge in [0, 0.05) is 5.56 Å². The summed E-state index contributed by atoms with van der Waals surface area (Å²) in [6.45, 7) is -2.98. The highest BCUT2D eigenvalue weighted by molar-refractivity contribution is 5.97. The third kappa shape index (κ3) is 2.26. The molecule has 0 bridgehead atoms. The van der Waals surface area contributed by atoms with Crippen molar-refractivity contribution in [3.63, 3.8) is 0 Å². The first-order chi connectivity index (χ1) is 8.59. The third-order valence-corrected chi connectivity index (χ3v) is 2.14. The molecule has 0 saturated carbocycles. The molecule has 0 aliphatic rings. The number of primary amides is 1. The molecule has 0 spiro atoms. The molecule has 0 aliphatic heterocycles. The fourth-order valence-electron chi connectivity index (χ4n) is 1.45. The molecular weight excluding hydrogens is 246 g/mol. The van der Waals surface area contributed by atoms with Crippen LogP contribution in [0.5, 0.6) is 5.75 Å². The highest BCUT2D eigenvalue weighted by atomic mass is 19.3. The maximum absolute atomic E-state index is 12.2. The number of H-pyrrole nitrogens is 1. The number of hydrogen-bond donors (Lipinski definition) is 2. The number of halogens is 2. The van der Waals surface area contributed by atoms with Crippen LogP contribution >= 0.6 is 0 Å². The molecule has 1 amide bonds. The van der Waals surface area contributed by atoms with Gasteiger partial charge in [-0.2, -0.15) is 24.2 Å². The lowest BCUT2D eigenvalue weighted by Crippen LogP contribution is -2.13. The Hall–Kier alpha value is -2.51. The van der Waals surface area contributed by atoms with Crippen LogP contribution in [0.2, 0.25) is 0 Å². The Balaban J connectivity index is 2.50. The second-order valence-corrected chi connectivity index (χ2v) is 3.26. The van der Waals surface area contributed by atoms with E-state index in [9.17, 15) is 13.6 Å². The minimum atomic E-state index is -2.98. The number of carbonyl (C=O) groups excluding carboxylic acids is 1. The number of rotatable bonds is 4. The number of aromatic amines is 1. The zero-order chi connectivity index (χ0) is 13.1. The van der Waals surface area contributed by atoms with Gasteiger partial charge in [0.05, 0.1) is 0 Å². The van der Waals surface area contributed by atoms with Gasteiger partial charge in [-0.25, -0.2) is 0 Å². The van der Waals surface area contributed by atoms with Crippen LogP contribution in [0.25, 0.3) is 11.3 Å². The van der Waals surface area contributed by atoms with E-state index in [1.807, 2.05) is 0 Å². The molecule has 18 heavy (non-hydrogen) atoms. The second kappa shape index (κ2) is 4.78. The predicted molar refractivity (Wildman–Crippen MR) is 57.0 cm³/mol. The highest BCUT2D eigenvalue weighted by Crippen LogP contribution is 2.30. The molecule has 0 unspecified atom stereocenters. The predicted octanol–water partition coefficient (Wildman–Crippen LogP) is 1.17. The first kappa shape index (κ1) is 12.0. The third-order valence-electron chi connectivity index (χ3n) is 2.14. The van der Waals surface area contributed by atoms with Gasteiger partial charge in [-0.15, -0.1) is 0 Å². The standard InChI is InChI=1S/C10H8F2N4O2/c11-10(12)18-6-4-2-1-3-5(6)7-8(9(13)17)15-16-14-7/h1-4,10H,(H2,13,17)(H,14,15,16). The maximum atomic E-state index is 12.2. The topological polar surface area (TPSA) is 93.9 Å². The molecule has 0 aliphatic carbocycles. The molecule has 8 heteroatoms. The Kier molecular flexibility index (Phi) is 3.18. The average Bonchev–Trinajstić information content (AvgIpc) is 2.77. The fraction of sp³-hybridized carbons (Fsp3) is 0.100. The molecule has 94 valence electrons. The van der Waals surface area contributed by atoms with Crippen molar-refractivity contribution in [3.8, 4) is 17.0 Å². The van der Waals surface area contributed by atoms with Crippen molar-refractivity contribution >= 4 is 5.91 Å². The zero-order valence-electron chi connectivity index (χ0n) is 8.93. The number of nitrogens with two attached hydrogens (primary N) is 1. The summed E-state index contributed by atoms with van der Waals surface area (Å²) in [5.41, 5.74) is 5.24. The Morgan fingerprint density at radius 3 is 2.72 bits per heavy atom. The van der Waals surface area contributed by atoms with E-state index in [2.05, 4.69) is 20.1 Å². The van der Waals surface area contributed by atoms with Crippen molar-refractivity contribution in [1.29, 1.82) is 0 Å². The number of alkyl halides is 2. The van der Waals surface area contributed by atoms with Crippen LogP contribution in [0.15, 0.2) is 24.3 Å².